The molecule has 0 nitrogen and oxygen atoms in total. The molecule has 0 aromatic rings. The van der Waals surface area contributed by atoms with Crippen molar-refractivity contribution in [3.05, 3.63) is 12.2 Å². The van der Waals surface area contributed by atoms with E-state index in [-0.39, 0.29) is 0 Å². The Morgan fingerprint density at radius 1 is 1.00 bits per heavy atom. The molecule has 96 valence electrons. The third-order valence-corrected chi connectivity index (χ3v) is 4.04. The van der Waals surface area contributed by atoms with Crippen molar-refractivity contribution < 1.29 is 0 Å². The molecule has 0 aromatic heterocycles. The van der Waals surface area contributed by atoms with Gasteiger partial charge < -0.3 is 0 Å². The summed E-state index contributed by atoms with van der Waals surface area (Å²) in [5.74, 6) is 0.911. The second-order valence-electron chi connectivity index (χ2n) is 6.11. The van der Waals surface area contributed by atoms with Crippen LogP contribution < -0.4 is 0 Å². The molecule has 0 amide bonds. The number of hydrogen-bond acceptors (Lipinski definition) is 0. The van der Waals surface area contributed by atoms with E-state index in [0.717, 1.165) is 11.3 Å². The molecule has 2 aliphatic carbocycles. The minimum atomic E-state index is 0.550. The van der Waals surface area contributed by atoms with E-state index >= 15 is 0 Å². The lowest BCUT2D eigenvalue weighted by atomic mass is 9.62. The van der Waals surface area contributed by atoms with Gasteiger partial charge in [-0.1, -0.05) is 53.7 Å². The van der Waals surface area contributed by atoms with Crippen molar-refractivity contribution in [1.82, 2.24) is 0 Å². The van der Waals surface area contributed by atoms with E-state index in [0.29, 0.717) is 5.41 Å². The van der Waals surface area contributed by atoms with Gasteiger partial charge in [-0.3, -0.25) is 0 Å². The second-order valence-corrected chi connectivity index (χ2v) is 6.11. The van der Waals surface area contributed by atoms with Crippen LogP contribution in [0, 0.1) is 16.7 Å². The van der Waals surface area contributed by atoms with Gasteiger partial charge in [0.2, 0.25) is 0 Å². The summed E-state index contributed by atoms with van der Waals surface area (Å²) in [7, 11) is 0. The molecule has 2 saturated carbocycles. The maximum Gasteiger partial charge on any atom is -0.0121 e. The van der Waals surface area contributed by atoms with Gasteiger partial charge in [0.15, 0.2) is 0 Å². The summed E-state index contributed by atoms with van der Waals surface area (Å²) in [6, 6.07) is 0. The molecule has 0 saturated heterocycles. The molecule has 0 N–H and O–H groups in total. The maximum absolute atomic E-state index is 2.35. The Balaban J connectivity index is 0.000000272. The first-order valence-corrected chi connectivity index (χ1v) is 7.03. The third kappa shape index (κ3) is 5.18. The van der Waals surface area contributed by atoms with Crippen molar-refractivity contribution in [3.8, 4) is 0 Å². The summed E-state index contributed by atoms with van der Waals surface area (Å²) in [5.41, 5.74) is 1.30. The molecule has 0 aromatic carbocycles. The summed E-state index contributed by atoms with van der Waals surface area (Å²) in [6.45, 7) is 15.4. The van der Waals surface area contributed by atoms with Crippen molar-refractivity contribution in [1.29, 1.82) is 0 Å². The summed E-state index contributed by atoms with van der Waals surface area (Å²) >= 11 is 0. The minimum Gasteiger partial charge on any atom is -0.0911 e. The van der Waals surface area contributed by atoms with Crippen LogP contribution in [0.3, 0.4) is 0 Å². The Bertz CT molecular complexity index is 206. The van der Waals surface area contributed by atoms with Crippen LogP contribution in [0.25, 0.3) is 0 Å². The molecule has 0 aliphatic heterocycles. The van der Waals surface area contributed by atoms with Gasteiger partial charge in [0.05, 0.1) is 0 Å². The Hall–Kier alpha value is -0.260. The average Bonchev–Trinajstić information content (AvgIpc) is 2.96. The van der Waals surface area contributed by atoms with Crippen molar-refractivity contribution in [3.63, 3.8) is 0 Å². The SMILES string of the molecule is CC.CC1(C)CC1.CC=CC1(C)CCC1C. The average molecular weight is 224 g/mol. The standard InChI is InChI=1S/C9H16.C5H10.C2H6/c1-4-6-9(3)7-5-8(9)2;1-5(2)3-4-5;1-2/h4,6,8H,5,7H2,1-3H3;3-4H2,1-2H3;1-2H3. The zero-order valence-corrected chi connectivity index (χ0v) is 12.6. The number of hydrogen-bond donors (Lipinski definition) is 0. The lowest BCUT2D eigenvalue weighted by molar-refractivity contribution is 0.124. The number of rotatable bonds is 1. The van der Waals surface area contributed by atoms with E-state index in [1.165, 1.54) is 25.7 Å². The Kier molecular flexibility index (Phi) is 6.36. The molecule has 0 spiro atoms. The van der Waals surface area contributed by atoms with Gasteiger partial charge >= 0.3 is 0 Å². The molecule has 2 rings (SSSR count). The van der Waals surface area contributed by atoms with E-state index in [1.807, 2.05) is 13.8 Å². The van der Waals surface area contributed by atoms with Crippen molar-refractivity contribution >= 4 is 0 Å². The van der Waals surface area contributed by atoms with Crippen LogP contribution in [0.15, 0.2) is 12.2 Å². The number of allylic oxidation sites excluding steroid dienone is 2. The molecule has 0 radical (unpaired) electrons. The van der Waals surface area contributed by atoms with Crippen LogP contribution in [-0.4, -0.2) is 0 Å². The van der Waals surface area contributed by atoms with Gasteiger partial charge in [0.1, 0.15) is 0 Å². The molecule has 2 atom stereocenters. The maximum atomic E-state index is 2.35. The highest BCUT2D eigenvalue weighted by molar-refractivity contribution is 5.04. The zero-order valence-electron chi connectivity index (χ0n) is 12.6. The molecule has 0 bridgehead atoms. The highest BCUT2D eigenvalue weighted by atomic mass is 14.4. The van der Waals surface area contributed by atoms with Gasteiger partial charge in [0, 0.05) is 0 Å². The summed E-state index contributed by atoms with van der Waals surface area (Å²) in [6.07, 6.45) is 10.2. The summed E-state index contributed by atoms with van der Waals surface area (Å²) in [5, 5.41) is 0. The zero-order chi connectivity index (χ0) is 12.8. The predicted molar refractivity (Wildman–Crippen MR) is 75.7 cm³/mol. The fourth-order valence-electron chi connectivity index (χ4n) is 1.77. The molecule has 2 unspecified atom stereocenters. The minimum absolute atomic E-state index is 0.550. The lowest BCUT2D eigenvalue weighted by Gasteiger charge is -2.43. The van der Waals surface area contributed by atoms with E-state index < -0.39 is 0 Å². The van der Waals surface area contributed by atoms with E-state index in [1.54, 1.807) is 0 Å². The normalized spacial score (nSPS) is 34.1. The van der Waals surface area contributed by atoms with Crippen LogP contribution in [0.4, 0.5) is 0 Å². The van der Waals surface area contributed by atoms with Crippen molar-refractivity contribution in [2.45, 2.75) is 74.1 Å². The summed E-state index contributed by atoms with van der Waals surface area (Å²) in [4.78, 5) is 0. The monoisotopic (exact) mass is 224 g/mol. The Morgan fingerprint density at radius 2 is 1.44 bits per heavy atom. The van der Waals surface area contributed by atoms with Crippen LogP contribution >= 0.6 is 0 Å². The third-order valence-electron chi connectivity index (χ3n) is 4.04. The van der Waals surface area contributed by atoms with Gasteiger partial charge in [-0.2, -0.15) is 0 Å². The quantitative estimate of drug-likeness (QED) is 0.491. The van der Waals surface area contributed by atoms with Crippen LogP contribution in [-0.2, 0) is 0 Å². The van der Waals surface area contributed by atoms with Gasteiger partial charge in [-0.05, 0) is 49.4 Å². The molecular weight excluding hydrogens is 192 g/mol. The molecule has 2 fully saturated rings. The van der Waals surface area contributed by atoms with Crippen molar-refractivity contribution in [2.24, 2.45) is 16.7 Å². The topological polar surface area (TPSA) is 0 Å². The van der Waals surface area contributed by atoms with Crippen LogP contribution in [0.2, 0.25) is 0 Å². The predicted octanol–water partition coefficient (Wildman–Crippen LogP) is 5.83. The fraction of sp³-hybridized carbons (Fsp3) is 0.875. The molecular formula is C16H32. The Labute approximate surface area is 104 Å². The van der Waals surface area contributed by atoms with Gasteiger partial charge in [-0.15, -0.1) is 0 Å². The van der Waals surface area contributed by atoms with Crippen molar-refractivity contribution in [2.75, 3.05) is 0 Å². The molecule has 16 heavy (non-hydrogen) atoms. The fourth-order valence-corrected chi connectivity index (χ4v) is 1.77. The molecule has 2 aliphatic rings. The van der Waals surface area contributed by atoms with E-state index in [2.05, 4.69) is 46.8 Å². The van der Waals surface area contributed by atoms with Gasteiger partial charge in [0.25, 0.3) is 0 Å². The van der Waals surface area contributed by atoms with Crippen LogP contribution in [0.5, 0.6) is 0 Å². The second kappa shape index (κ2) is 6.47. The summed E-state index contributed by atoms with van der Waals surface area (Å²) < 4.78 is 0. The largest absolute Gasteiger partial charge is 0.0911 e. The van der Waals surface area contributed by atoms with E-state index in [9.17, 15) is 0 Å². The smallest absolute Gasteiger partial charge is 0.0121 e. The lowest BCUT2D eigenvalue weighted by Crippen LogP contribution is -2.33. The highest BCUT2D eigenvalue weighted by Crippen LogP contribution is 2.47. The first kappa shape index (κ1) is 15.7. The first-order chi connectivity index (χ1) is 7.40. The molecule has 0 heterocycles. The van der Waals surface area contributed by atoms with E-state index in [4.69, 9.17) is 0 Å². The highest BCUT2D eigenvalue weighted by Gasteiger charge is 2.36. The first-order valence-electron chi connectivity index (χ1n) is 7.03. The van der Waals surface area contributed by atoms with Gasteiger partial charge in [-0.25, -0.2) is 0 Å². The van der Waals surface area contributed by atoms with Crippen LogP contribution in [0.1, 0.15) is 74.1 Å². The Morgan fingerprint density at radius 3 is 1.50 bits per heavy atom. The molecule has 0 heteroatoms.